The quantitative estimate of drug-likeness (QED) is 0.150. The Labute approximate surface area is 641 Å². The summed E-state index contributed by atoms with van der Waals surface area (Å²) in [6, 6.07) is 84.0. The van der Waals surface area contributed by atoms with Crippen LogP contribution in [0.4, 0.5) is 22.7 Å². The number of anilines is 4. The molecule has 8 aliphatic rings. The maximum atomic E-state index is 5.93. The Balaban J connectivity index is 0.000000188. The molecular formula is C97H129N5O2S. The molecule has 11 aromatic rings. The second-order valence-electron chi connectivity index (χ2n) is 25.4. The molecule has 3 atom stereocenters. The first-order valence-corrected chi connectivity index (χ1v) is 41.2. The summed E-state index contributed by atoms with van der Waals surface area (Å²) in [6.45, 7) is 32.0. The lowest BCUT2D eigenvalue weighted by Crippen LogP contribution is -2.32. The van der Waals surface area contributed by atoms with Gasteiger partial charge in [0.15, 0.2) is 5.75 Å². The van der Waals surface area contributed by atoms with Crippen LogP contribution in [0.3, 0.4) is 0 Å². The van der Waals surface area contributed by atoms with Crippen molar-refractivity contribution >= 4 is 56.3 Å². The first-order valence-electron chi connectivity index (χ1n) is 40.2. The van der Waals surface area contributed by atoms with Crippen molar-refractivity contribution in [3.8, 4) is 28.4 Å². The molecule has 2 aliphatic carbocycles. The molecule has 3 unspecified atom stereocenters. The number of rotatable bonds is 0. The predicted octanol–water partition coefficient (Wildman–Crippen LogP) is 27.3. The van der Waals surface area contributed by atoms with E-state index in [1.807, 2.05) is 163 Å². The van der Waals surface area contributed by atoms with E-state index in [0.717, 1.165) is 66.9 Å². The normalized spacial score (nSPS) is 15.7. The summed E-state index contributed by atoms with van der Waals surface area (Å²) < 4.78 is 13.5. The Bertz CT molecular complexity index is 4170. The van der Waals surface area contributed by atoms with E-state index in [1.165, 1.54) is 142 Å². The smallest absolute Gasteiger partial charge is 0.150 e. The first-order chi connectivity index (χ1) is 51.8. The third kappa shape index (κ3) is 21.9. The number of ether oxygens (including phenoxy) is 2. The van der Waals surface area contributed by atoms with Crippen LogP contribution in [0.2, 0.25) is 0 Å². The van der Waals surface area contributed by atoms with Gasteiger partial charge >= 0.3 is 0 Å². The van der Waals surface area contributed by atoms with Gasteiger partial charge in [0, 0.05) is 134 Å². The maximum absolute atomic E-state index is 5.93. The van der Waals surface area contributed by atoms with Crippen molar-refractivity contribution < 1.29 is 9.47 Å². The van der Waals surface area contributed by atoms with Crippen LogP contribution >= 0.6 is 11.8 Å². The van der Waals surface area contributed by atoms with Gasteiger partial charge in [-0.3, -0.25) is 0 Å². The molecule has 0 saturated heterocycles. The average Bonchev–Trinajstić information content (AvgIpc) is 1.66. The molecule has 10 aromatic carbocycles. The molecule has 560 valence electrons. The molecule has 1 aromatic heterocycles. The number of fused-ring (bicyclic) bond motifs is 13. The van der Waals surface area contributed by atoms with E-state index in [9.17, 15) is 0 Å². The number of benzene rings is 10. The van der Waals surface area contributed by atoms with Crippen LogP contribution in [0.1, 0.15) is 193 Å². The highest BCUT2D eigenvalue weighted by molar-refractivity contribution is 7.99. The number of hydrogen-bond acceptors (Lipinski definition) is 7. The standard InChI is InChI=1S/C14H13NO.C14H13N.C13H17N.C13H11N.C12H15N.C9H10S.C8H8O.7C2H6/c1-15-10-11-6-2-4-8-13(11)16-14-9-5-3-7-12(14)15;1-15-10-11-6-2-3-7-12(11)13-8-4-5-9-14(13)15;2*1-14-12-8-4-2-6-10(12)11-7-3-5-9-13(11)14;1-13-8-10-6-2-4-9-5-3-7-11(13)12(9)10;1-2-6-9-8(4-1)5-3-7-10-9;1-2-4-8-7(3-1)5-6-9-8;7*1-2/h2-9H,10H2,1H3;2-9H,10H2,1H3;2,4,6,8,11,13H,3,5,7,9H2,1H3;2-9H,1H3;3,5,7,10H,2,4,6,8H2,1H3;1-2,4,6H,3,5,7H2;1-4H,5-6H2;7*1-2H3. The minimum atomic E-state index is 0.793. The van der Waals surface area contributed by atoms with Crippen molar-refractivity contribution in [2.45, 2.75) is 197 Å². The predicted molar refractivity (Wildman–Crippen MR) is 465 cm³/mol. The Morgan fingerprint density at radius 2 is 0.838 bits per heavy atom. The molecule has 1 fully saturated rings. The molecule has 7 heterocycles. The first kappa shape index (κ1) is 85.1. The maximum Gasteiger partial charge on any atom is 0.150 e. The number of aromatic nitrogens is 1. The van der Waals surface area contributed by atoms with Gasteiger partial charge in [0.05, 0.1) is 12.3 Å². The molecule has 105 heavy (non-hydrogen) atoms. The molecule has 19 rings (SSSR count). The van der Waals surface area contributed by atoms with Crippen molar-refractivity contribution in [3.05, 3.63) is 276 Å². The molecule has 7 nitrogen and oxygen atoms in total. The fraction of sp³-hybridized carbons (Fsp3) is 0.381. The number of aryl methyl sites for hydroxylation is 3. The lowest BCUT2D eigenvalue weighted by molar-refractivity contribution is 0.357. The number of hydrogen-bond donors (Lipinski definition) is 0. The highest BCUT2D eigenvalue weighted by Crippen LogP contribution is 2.47. The zero-order valence-electron chi connectivity index (χ0n) is 67.8. The molecule has 1 saturated carbocycles. The summed E-state index contributed by atoms with van der Waals surface area (Å²) in [4.78, 5) is 10.9. The minimum Gasteiger partial charge on any atom is -0.493 e. The van der Waals surface area contributed by atoms with E-state index in [-0.39, 0.29) is 0 Å². The molecule has 0 radical (unpaired) electrons. The monoisotopic (exact) mass is 1430 g/mol. The van der Waals surface area contributed by atoms with E-state index in [2.05, 4.69) is 241 Å². The Morgan fingerprint density at radius 3 is 1.50 bits per heavy atom. The van der Waals surface area contributed by atoms with E-state index in [4.69, 9.17) is 9.47 Å². The van der Waals surface area contributed by atoms with E-state index < -0.39 is 0 Å². The summed E-state index contributed by atoms with van der Waals surface area (Å²) >= 11 is 1.99. The van der Waals surface area contributed by atoms with E-state index >= 15 is 0 Å². The van der Waals surface area contributed by atoms with Crippen LogP contribution in [0.25, 0.3) is 32.9 Å². The largest absolute Gasteiger partial charge is 0.493 e. The van der Waals surface area contributed by atoms with Gasteiger partial charge in [0.2, 0.25) is 0 Å². The third-order valence-electron chi connectivity index (χ3n) is 19.6. The molecule has 6 aliphatic heterocycles. The highest BCUT2D eigenvalue weighted by atomic mass is 32.2. The number of thioether (sulfide) groups is 1. The number of para-hydroxylation sites is 8. The van der Waals surface area contributed by atoms with Gasteiger partial charge in [-0.15, -0.1) is 11.8 Å². The lowest BCUT2D eigenvalue weighted by Gasteiger charge is -2.30. The SMILES string of the molecule is CC.CC.CC.CC.CC.CC.CC.CN1CC2CCCc3cccc1c32.CN1Cc2ccccc2-c2ccccc21.CN1Cc2ccccc2Oc2ccccc21.CN1c2ccccc2C2CCCCC21.Cn1c2ccccc2c2ccccc21.c1ccc2c(c1)CCCS2.c1ccc2c(c1)CCO2. The Kier molecular flexibility index (Phi) is 37.4. The summed E-state index contributed by atoms with van der Waals surface area (Å²) in [5.41, 5.74) is 21.2. The van der Waals surface area contributed by atoms with Crippen LogP contribution < -0.4 is 29.1 Å². The van der Waals surface area contributed by atoms with Crippen molar-refractivity contribution in [2.24, 2.45) is 7.05 Å². The Morgan fingerprint density at radius 1 is 0.352 bits per heavy atom. The topological polar surface area (TPSA) is 36.4 Å². The fourth-order valence-corrected chi connectivity index (χ4v) is 16.1. The second-order valence-corrected chi connectivity index (χ2v) is 26.5. The van der Waals surface area contributed by atoms with Gasteiger partial charge in [-0.05, 0) is 150 Å². The van der Waals surface area contributed by atoms with Gasteiger partial charge in [-0.25, -0.2) is 0 Å². The van der Waals surface area contributed by atoms with E-state index in [1.54, 1.807) is 22.3 Å². The molecule has 0 amide bonds. The molecular weight excluding hydrogens is 1300 g/mol. The summed E-state index contributed by atoms with van der Waals surface area (Å²) in [5.74, 6) is 5.92. The van der Waals surface area contributed by atoms with Crippen LogP contribution in [0.15, 0.2) is 241 Å². The zero-order chi connectivity index (χ0) is 76.0. The van der Waals surface area contributed by atoms with Gasteiger partial charge in [0.25, 0.3) is 0 Å². The van der Waals surface area contributed by atoms with Crippen molar-refractivity contribution in [2.75, 3.05) is 66.7 Å². The third-order valence-corrected chi connectivity index (χ3v) is 20.8. The number of likely N-dealkylation sites (N-methyl/N-ethyl adjacent to an activating group) is 2. The van der Waals surface area contributed by atoms with Crippen LogP contribution in [0, 0.1) is 0 Å². The van der Waals surface area contributed by atoms with Gasteiger partial charge < -0.3 is 33.6 Å². The van der Waals surface area contributed by atoms with Crippen LogP contribution in [0.5, 0.6) is 17.2 Å². The number of nitrogens with zero attached hydrogens (tertiary/aromatic N) is 5. The summed E-state index contributed by atoms with van der Waals surface area (Å²) in [7, 11) is 10.8. The van der Waals surface area contributed by atoms with Crippen LogP contribution in [-0.2, 0) is 39.4 Å². The lowest BCUT2D eigenvalue weighted by atomic mass is 9.82. The minimum absolute atomic E-state index is 0.793. The van der Waals surface area contributed by atoms with Crippen molar-refractivity contribution in [3.63, 3.8) is 0 Å². The van der Waals surface area contributed by atoms with Gasteiger partial charge in [0.1, 0.15) is 11.5 Å². The van der Waals surface area contributed by atoms with Crippen LogP contribution in [-0.4, -0.2) is 57.7 Å². The summed E-state index contributed by atoms with van der Waals surface area (Å²) in [6.07, 6.45) is 13.4. The van der Waals surface area contributed by atoms with Crippen molar-refractivity contribution in [1.82, 2.24) is 4.57 Å². The van der Waals surface area contributed by atoms with Gasteiger partial charge in [-0.1, -0.05) is 286 Å². The second kappa shape index (κ2) is 46.2. The summed E-state index contributed by atoms with van der Waals surface area (Å²) in [5, 5.41) is 2.68. The molecule has 8 heteroatoms. The highest BCUT2D eigenvalue weighted by Gasteiger charge is 2.37. The average molecular weight is 1430 g/mol. The zero-order valence-corrected chi connectivity index (χ0v) is 68.6. The Hall–Kier alpha value is -8.85. The fourth-order valence-electron chi connectivity index (χ4n) is 15.0. The van der Waals surface area contributed by atoms with Crippen molar-refractivity contribution in [1.29, 1.82) is 0 Å². The van der Waals surface area contributed by atoms with E-state index in [0.29, 0.717) is 0 Å². The van der Waals surface area contributed by atoms with Gasteiger partial charge in [-0.2, -0.15) is 0 Å². The molecule has 0 N–H and O–H groups in total. The molecule has 0 spiro atoms. The molecule has 0 bridgehead atoms.